The van der Waals surface area contributed by atoms with Crippen LogP contribution in [0.25, 0.3) is 0 Å². The first-order valence-corrected chi connectivity index (χ1v) is 7.29. The number of halogens is 1. The quantitative estimate of drug-likeness (QED) is 0.868. The van der Waals surface area contributed by atoms with Crippen LogP contribution in [-0.2, 0) is 4.79 Å². The van der Waals surface area contributed by atoms with Crippen molar-refractivity contribution in [2.45, 2.75) is 32.6 Å². The minimum absolute atomic E-state index is 0.0108. The Bertz CT molecular complexity index is 442. The molecule has 0 bridgehead atoms. The van der Waals surface area contributed by atoms with Gasteiger partial charge in [0.25, 0.3) is 0 Å². The third kappa shape index (κ3) is 4.51. The highest BCUT2D eigenvalue weighted by Gasteiger charge is 2.14. The van der Waals surface area contributed by atoms with Gasteiger partial charge in [0.15, 0.2) is 0 Å². The van der Waals surface area contributed by atoms with Crippen molar-refractivity contribution in [3.8, 4) is 0 Å². The van der Waals surface area contributed by atoms with E-state index in [9.17, 15) is 4.79 Å². The number of aryl methyl sites for hydroxylation is 1. The van der Waals surface area contributed by atoms with Crippen molar-refractivity contribution in [1.82, 2.24) is 5.32 Å². The van der Waals surface area contributed by atoms with Crippen LogP contribution in [-0.4, -0.2) is 19.0 Å². The lowest BCUT2D eigenvalue weighted by Crippen LogP contribution is -2.31. The lowest BCUT2D eigenvalue weighted by Gasteiger charge is -2.12. The van der Waals surface area contributed by atoms with E-state index in [1.807, 2.05) is 19.1 Å². The molecule has 4 heteroatoms. The number of hydrogen-bond acceptors (Lipinski definition) is 2. The molecule has 19 heavy (non-hydrogen) atoms. The highest BCUT2D eigenvalue weighted by atomic mass is 35.5. The Balaban J connectivity index is 1.75. The van der Waals surface area contributed by atoms with Crippen molar-refractivity contribution in [3.63, 3.8) is 0 Å². The molecule has 0 radical (unpaired) electrons. The van der Waals surface area contributed by atoms with Gasteiger partial charge < -0.3 is 10.6 Å². The Hall–Kier alpha value is -1.06. The lowest BCUT2D eigenvalue weighted by molar-refractivity contribution is -0.115. The van der Waals surface area contributed by atoms with Gasteiger partial charge in [-0.3, -0.25) is 4.79 Å². The SMILES string of the molecule is Cc1ccc(Cl)cc1NC(=O)CNCC1CCCC1. The normalized spacial score (nSPS) is 15.7. The summed E-state index contributed by atoms with van der Waals surface area (Å²) in [6.45, 7) is 3.27. The van der Waals surface area contributed by atoms with Crippen LogP contribution in [0.5, 0.6) is 0 Å². The molecule has 1 aliphatic carbocycles. The molecule has 1 aromatic rings. The highest BCUT2D eigenvalue weighted by Crippen LogP contribution is 2.23. The van der Waals surface area contributed by atoms with Gasteiger partial charge in [0.05, 0.1) is 6.54 Å². The molecule has 1 amide bonds. The zero-order valence-corrected chi connectivity index (χ0v) is 12.1. The zero-order chi connectivity index (χ0) is 13.7. The average molecular weight is 281 g/mol. The third-order valence-electron chi connectivity index (χ3n) is 3.67. The van der Waals surface area contributed by atoms with Gasteiger partial charge in [-0.15, -0.1) is 0 Å². The maximum atomic E-state index is 11.8. The summed E-state index contributed by atoms with van der Waals surface area (Å²) in [5.41, 5.74) is 1.81. The Morgan fingerprint density at radius 1 is 1.37 bits per heavy atom. The van der Waals surface area contributed by atoms with Crippen LogP contribution in [0, 0.1) is 12.8 Å². The fourth-order valence-corrected chi connectivity index (χ4v) is 2.70. The maximum Gasteiger partial charge on any atom is 0.238 e. The first-order valence-electron chi connectivity index (χ1n) is 6.92. The van der Waals surface area contributed by atoms with Crippen molar-refractivity contribution < 1.29 is 4.79 Å². The van der Waals surface area contributed by atoms with Crippen LogP contribution in [0.4, 0.5) is 5.69 Å². The largest absolute Gasteiger partial charge is 0.325 e. The van der Waals surface area contributed by atoms with Crippen molar-refractivity contribution in [2.75, 3.05) is 18.4 Å². The first kappa shape index (κ1) is 14.4. The van der Waals surface area contributed by atoms with Crippen molar-refractivity contribution in [1.29, 1.82) is 0 Å². The van der Waals surface area contributed by atoms with E-state index in [0.29, 0.717) is 11.6 Å². The number of nitrogens with one attached hydrogen (secondary N) is 2. The lowest BCUT2D eigenvalue weighted by atomic mass is 10.1. The number of carbonyl (C=O) groups excluding carboxylic acids is 1. The molecule has 0 heterocycles. The summed E-state index contributed by atoms with van der Waals surface area (Å²) in [7, 11) is 0. The van der Waals surface area contributed by atoms with Gasteiger partial charge in [0.2, 0.25) is 5.91 Å². The molecule has 2 rings (SSSR count). The van der Waals surface area contributed by atoms with E-state index in [2.05, 4.69) is 10.6 Å². The molecular formula is C15H21ClN2O. The molecule has 0 aromatic heterocycles. The average Bonchev–Trinajstić information content (AvgIpc) is 2.87. The van der Waals surface area contributed by atoms with E-state index in [1.54, 1.807) is 6.07 Å². The minimum Gasteiger partial charge on any atom is -0.325 e. The molecule has 0 aliphatic heterocycles. The summed E-state index contributed by atoms with van der Waals surface area (Å²) in [5.74, 6) is 0.740. The van der Waals surface area contributed by atoms with E-state index < -0.39 is 0 Å². The Morgan fingerprint density at radius 2 is 2.11 bits per heavy atom. The van der Waals surface area contributed by atoms with Gasteiger partial charge in [-0.25, -0.2) is 0 Å². The number of rotatable bonds is 5. The van der Waals surface area contributed by atoms with Gasteiger partial charge in [-0.05, 0) is 49.9 Å². The van der Waals surface area contributed by atoms with E-state index in [1.165, 1.54) is 25.7 Å². The van der Waals surface area contributed by atoms with Crippen LogP contribution in [0.3, 0.4) is 0 Å². The van der Waals surface area contributed by atoms with Gasteiger partial charge >= 0.3 is 0 Å². The van der Waals surface area contributed by atoms with Crippen LogP contribution in [0.2, 0.25) is 5.02 Å². The van der Waals surface area contributed by atoms with E-state index in [-0.39, 0.29) is 5.91 Å². The smallest absolute Gasteiger partial charge is 0.238 e. The second kappa shape index (κ2) is 6.92. The number of anilines is 1. The predicted octanol–water partition coefficient (Wildman–Crippen LogP) is 3.37. The summed E-state index contributed by atoms with van der Waals surface area (Å²) in [5, 5.41) is 6.77. The standard InChI is InChI=1S/C15H21ClN2O/c1-11-6-7-13(16)8-14(11)18-15(19)10-17-9-12-4-2-3-5-12/h6-8,12,17H,2-5,9-10H2,1H3,(H,18,19). The zero-order valence-electron chi connectivity index (χ0n) is 11.3. The van der Waals surface area contributed by atoms with E-state index in [4.69, 9.17) is 11.6 Å². The van der Waals surface area contributed by atoms with Crippen molar-refractivity contribution >= 4 is 23.2 Å². The van der Waals surface area contributed by atoms with E-state index >= 15 is 0 Å². The topological polar surface area (TPSA) is 41.1 Å². The Kier molecular flexibility index (Phi) is 5.23. The fraction of sp³-hybridized carbons (Fsp3) is 0.533. The third-order valence-corrected chi connectivity index (χ3v) is 3.90. The molecule has 0 atom stereocenters. The molecule has 1 aliphatic rings. The molecule has 0 unspecified atom stereocenters. The molecule has 0 saturated heterocycles. The second-order valence-corrected chi connectivity index (χ2v) is 5.73. The molecule has 2 N–H and O–H groups in total. The van der Waals surface area contributed by atoms with E-state index in [0.717, 1.165) is 23.7 Å². The molecule has 0 spiro atoms. The Labute approximate surface area is 119 Å². The monoisotopic (exact) mass is 280 g/mol. The minimum atomic E-state index is -0.0108. The van der Waals surface area contributed by atoms with Crippen molar-refractivity contribution in [3.05, 3.63) is 28.8 Å². The molecule has 3 nitrogen and oxygen atoms in total. The summed E-state index contributed by atoms with van der Waals surface area (Å²) >= 11 is 5.92. The van der Waals surface area contributed by atoms with Gasteiger partial charge in [0.1, 0.15) is 0 Å². The molecule has 1 aromatic carbocycles. The maximum absolute atomic E-state index is 11.8. The summed E-state index contributed by atoms with van der Waals surface area (Å²) < 4.78 is 0. The predicted molar refractivity (Wildman–Crippen MR) is 79.6 cm³/mol. The number of carbonyl (C=O) groups is 1. The van der Waals surface area contributed by atoms with Crippen molar-refractivity contribution in [2.24, 2.45) is 5.92 Å². The molecule has 104 valence electrons. The van der Waals surface area contributed by atoms with Crippen LogP contribution in [0.15, 0.2) is 18.2 Å². The van der Waals surface area contributed by atoms with Crippen LogP contribution < -0.4 is 10.6 Å². The van der Waals surface area contributed by atoms with Gasteiger partial charge in [-0.2, -0.15) is 0 Å². The number of benzene rings is 1. The Morgan fingerprint density at radius 3 is 2.84 bits per heavy atom. The molecule has 1 saturated carbocycles. The van der Waals surface area contributed by atoms with Gasteiger partial charge in [0, 0.05) is 10.7 Å². The summed E-state index contributed by atoms with van der Waals surface area (Å²) in [6, 6.07) is 5.51. The number of hydrogen-bond donors (Lipinski definition) is 2. The van der Waals surface area contributed by atoms with Gasteiger partial charge in [-0.1, -0.05) is 30.5 Å². The van der Waals surface area contributed by atoms with Crippen LogP contribution in [0.1, 0.15) is 31.2 Å². The second-order valence-electron chi connectivity index (χ2n) is 5.29. The highest BCUT2D eigenvalue weighted by molar-refractivity contribution is 6.31. The molecular weight excluding hydrogens is 260 g/mol. The fourth-order valence-electron chi connectivity index (χ4n) is 2.53. The summed E-state index contributed by atoms with van der Waals surface area (Å²) in [4.78, 5) is 11.8. The molecule has 1 fully saturated rings. The summed E-state index contributed by atoms with van der Waals surface area (Å²) in [6.07, 6.45) is 5.25. The first-order chi connectivity index (χ1) is 9.15. The van der Waals surface area contributed by atoms with Crippen LogP contribution >= 0.6 is 11.6 Å². The number of amides is 1.